The van der Waals surface area contributed by atoms with Gasteiger partial charge < -0.3 is 15.4 Å². The Morgan fingerprint density at radius 1 is 1.40 bits per heavy atom. The molecule has 0 saturated carbocycles. The molecule has 0 aliphatic heterocycles. The fourth-order valence-corrected chi connectivity index (χ4v) is 0.703. The van der Waals surface area contributed by atoms with E-state index < -0.39 is 24.2 Å². The second-order valence-corrected chi connectivity index (χ2v) is 2.45. The third kappa shape index (κ3) is 4.52. The number of halogens is 3. The number of carbonyl (C=O) groups excluding carboxylic acids is 2. The summed E-state index contributed by atoms with van der Waals surface area (Å²) < 4.78 is 40.9. The van der Waals surface area contributed by atoms with E-state index in [4.69, 9.17) is 0 Å². The van der Waals surface area contributed by atoms with Crippen LogP contribution in [0, 0.1) is 0 Å². The number of nitrogens with one attached hydrogen (secondary N) is 2. The Bertz CT molecular complexity index is 242. The summed E-state index contributed by atoms with van der Waals surface area (Å²) in [5, 5.41) is 3.35. The molecule has 0 rings (SSSR count). The summed E-state index contributed by atoms with van der Waals surface area (Å²) in [6.45, 7) is 1.17. The molecule has 0 radical (unpaired) electrons. The second kappa shape index (κ2) is 5.42. The van der Waals surface area contributed by atoms with Crippen molar-refractivity contribution < 1.29 is 27.5 Å². The van der Waals surface area contributed by atoms with Crippen LogP contribution in [0.2, 0.25) is 0 Å². The van der Waals surface area contributed by atoms with Crippen molar-refractivity contribution in [2.75, 3.05) is 13.7 Å². The molecule has 8 heteroatoms. The molecule has 0 spiro atoms. The Kier molecular flexibility index (Phi) is 4.89. The highest BCUT2D eigenvalue weighted by atomic mass is 19.4. The van der Waals surface area contributed by atoms with E-state index in [-0.39, 0.29) is 6.61 Å². The van der Waals surface area contributed by atoms with Crippen LogP contribution in [0.25, 0.3) is 0 Å². The lowest BCUT2D eigenvalue weighted by Gasteiger charge is -2.19. The van der Waals surface area contributed by atoms with E-state index >= 15 is 0 Å². The van der Waals surface area contributed by atoms with Gasteiger partial charge in [-0.05, 0) is 6.92 Å². The normalized spacial score (nSPS) is 12.9. The van der Waals surface area contributed by atoms with Gasteiger partial charge in [-0.15, -0.1) is 0 Å². The molecule has 0 aromatic heterocycles. The van der Waals surface area contributed by atoms with Gasteiger partial charge in [0.15, 0.2) is 0 Å². The third-order valence-corrected chi connectivity index (χ3v) is 1.35. The van der Waals surface area contributed by atoms with Crippen LogP contribution in [0.15, 0.2) is 0 Å². The van der Waals surface area contributed by atoms with E-state index in [0.717, 1.165) is 7.05 Å². The van der Waals surface area contributed by atoms with E-state index in [0.29, 0.717) is 0 Å². The van der Waals surface area contributed by atoms with Gasteiger partial charge in [0.05, 0.1) is 6.61 Å². The number of rotatable bonds is 3. The van der Waals surface area contributed by atoms with Crippen LogP contribution < -0.4 is 10.6 Å². The Hall–Kier alpha value is -1.47. The van der Waals surface area contributed by atoms with Gasteiger partial charge >= 0.3 is 18.2 Å². The van der Waals surface area contributed by atoms with Crippen molar-refractivity contribution in [2.45, 2.75) is 19.1 Å². The molecule has 0 saturated heterocycles. The summed E-state index contributed by atoms with van der Waals surface area (Å²) in [5.41, 5.74) is 0. The molecule has 0 aliphatic rings. The van der Waals surface area contributed by atoms with E-state index in [1.54, 1.807) is 0 Å². The van der Waals surface area contributed by atoms with Crippen LogP contribution >= 0.6 is 0 Å². The largest absolute Gasteiger partial charge is 0.464 e. The average molecular weight is 228 g/mol. The molecule has 0 heterocycles. The number of hydrogen-bond acceptors (Lipinski definition) is 3. The number of esters is 1. The Morgan fingerprint density at radius 3 is 2.27 bits per heavy atom. The fraction of sp³-hybridized carbons (Fsp3) is 0.714. The molecule has 0 aromatic carbocycles. The van der Waals surface area contributed by atoms with Gasteiger partial charge in [-0.2, -0.15) is 13.2 Å². The Morgan fingerprint density at radius 2 is 1.93 bits per heavy atom. The fourth-order valence-electron chi connectivity index (χ4n) is 0.703. The average Bonchev–Trinajstić information content (AvgIpc) is 2.12. The van der Waals surface area contributed by atoms with Gasteiger partial charge in [0.25, 0.3) is 0 Å². The quantitative estimate of drug-likeness (QED) is 0.687. The maximum absolute atomic E-state index is 12.2. The zero-order chi connectivity index (χ0) is 12.1. The highest BCUT2D eigenvalue weighted by molar-refractivity contribution is 5.84. The van der Waals surface area contributed by atoms with Crippen molar-refractivity contribution in [3.8, 4) is 0 Å². The molecular formula is C7H11F3N2O3. The zero-order valence-corrected chi connectivity index (χ0v) is 8.14. The first-order chi connectivity index (χ1) is 6.82. The van der Waals surface area contributed by atoms with Crippen LogP contribution in [0.5, 0.6) is 0 Å². The van der Waals surface area contributed by atoms with E-state index in [2.05, 4.69) is 4.74 Å². The molecule has 1 atom stereocenters. The van der Waals surface area contributed by atoms with Crippen LogP contribution in [0.4, 0.5) is 18.0 Å². The van der Waals surface area contributed by atoms with Crippen molar-refractivity contribution in [1.29, 1.82) is 0 Å². The number of carbonyl (C=O) groups is 2. The molecule has 15 heavy (non-hydrogen) atoms. The van der Waals surface area contributed by atoms with E-state index in [9.17, 15) is 22.8 Å². The lowest BCUT2D eigenvalue weighted by molar-refractivity contribution is -0.182. The zero-order valence-electron chi connectivity index (χ0n) is 8.14. The maximum Gasteiger partial charge on any atom is 0.419 e. The molecule has 0 aliphatic carbocycles. The van der Waals surface area contributed by atoms with Crippen molar-refractivity contribution in [3.05, 3.63) is 0 Å². The highest BCUT2D eigenvalue weighted by Gasteiger charge is 2.47. The Balaban J connectivity index is 4.59. The van der Waals surface area contributed by atoms with Crippen molar-refractivity contribution in [2.24, 2.45) is 0 Å². The van der Waals surface area contributed by atoms with Gasteiger partial charge in [0.1, 0.15) is 0 Å². The topological polar surface area (TPSA) is 67.4 Å². The first-order valence-electron chi connectivity index (χ1n) is 4.04. The number of alkyl halides is 3. The summed E-state index contributed by atoms with van der Waals surface area (Å²) in [5.74, 6) is -1.53. The third-order valence-electron chi connectivity index (χ3n) is 1.35. The highest BCUT2D eigenvalue weighted by Crippen LogP contribution is 2.21. The molecule has 0 aromatic rings. The van der Waals surface area contributed by atoms with Gasteiger partial charge in [-0.25, -0.2) is 9.59 Å². The number of amides is 2. The van der Waals surface area contributed by atoms with Crippen molar-refractivity contribution in [1.82, 2.24) is 10.6 Å². The lowest BCUT2D eigenvalue weighted by atomic mass is 10.3. The first kappa shape index (κ1) is 13.5. The predicted octanol–water partition coefficient (Wildman–Crippen LogP) is 0.409. The maximum atomic E-state index is 12.2. The van der Waals surface area contributed by atoms with E-state index in [1.807, 2.05) is 5.32 Å². The summed E-state index contributed by atoms with van der Waals surface area (Å²) in [6, 6.07) is -3.75. The first-order valence-corrected chi connectivity index (χ1v) is 4.04. The minimum Gasteiger partial charge on any atom is -0.464 e. The van der Waals surface area contributed by atoms with Crippen molar-refractivity contribution in [3.63, 3.8) is 0 Å². The second-order valence-electron chi connectivity index (χ2n) is 2.45. The number of urea groups is 1. The SMILES string of the molecule is CCOC(=O)[C@@H](NC(=O)NC)C(F)(F)F. The molecule has 2 N–H and O–H groups in total. The molecule has 0 bridgehead atoms. The molecular weight excluding hydrogens is 217 g/mol. The lowest BCUT2D eigenvalue weighted by Crippen LogP contribution is -2.53. The minimum absolute atomic E-state index is 0.194. The minimum atomic E-state index is -4.88. The van der Waals surface area contributed by atoms with Gasteiger partial charge in [0.2, 0.25) is 6.04 Å². The molecule has 5 nitrogen and oxygen atoms in total. The van der Waals surface area contributed by atoms with Crippen molar-refractivity contribution >= 4 is 12.0 Å². The Labute approximate surface area is 84.0 Å². The van der Waals surface area contributed by atoms with Gasteiger partial charge in [0, 0.05) is 7.05 Å². The number of ether oxygens (including phenoxy) is 1. The van der Waals surface area contributed by atoms with E-state index in [1.165, 1.54) is 12.2 Å². The molecule has 0 unspecified atom stereocenters. The predicted molar refractivity (Wildman–Crippen MR) is 44.1 cm³/mol. The smallest absolute Gasteiger partial charge is 0.419 e. The standard InChI is InChI=1S/C7H11F3N2O3/c1-3-15-5(13)4(7(8,9)10)12-6(14)11-2/h4H,3H2,1-2H3,(H2,11,12,14)/t4-/m1/s1. The van der Waals surface area contributed by atoms with Crippen LogP contribution in [0.3, 0.4) is 0 Å². The summed E-state index contributed by atoms with van der Waals surface area (Å²) >= 11 is 0. The van der Waals surface area contributed by atoms with Crippen LogP contribution in [0.1, 0.15) is 6.92 Å². The monoisotopic (exact) mass is 228 g/mol. The van der Waals surface area contributed by atoms with Crippen LogP contribution in [-0.2, 0) is 9.53 Å². The summed E-state index contributed by atoms with van der Waals surface area (Å²) in [4.78, 5) is 21.5. The van der Waals surface area contributed by atoms with Crippen LogP contribution in [-0.4, -0.2) is 37.9 Å². The van der Waals surface area contributed by atoms with Gasteiger partial charge in [-0.3, -0.25) is 0 Å². The van der Waals surface area contributed by atoms with Gasteiger partial charge in [-0.1, -0.05) is 0 Å². The molecule has 2 amide bonds. The molecule has 88 valence electrons. The summed E-state index contributed by atoms with van der Waals surface area (Å²) in [7, 11) is 1.13. The summed E-state index contributed by atoms with van der Waals surface area (Å²) in [6.07, 6.45) is -4.88. The number of hydrogen-bond donors (Lipinski definition) is 2. The molecule has 0 fully saturated rings.